The molecule has 2 aromatic heterocycles. The fraction of sp³-hybridized carbons (Fsp3) is 0.100. The third kappa shape index (κ3) is 1.28. The Morgan fingerprint density at radius 3 is 3.36 bits per heavy atom. The van der Waals surface area contributed by atoms with E-state index in [4.69, 9.17) is 0 Å². The molecule has 0 aliphatic rings. The molecular formula is C10H9N3O. The molecule has 2 heterocycles. The summed E-state index contributed by atoms with van der Waals surface area (Å²) in [4.78, 5) is 17.9. The van der Waals surface area contributed by atoms with E-state index in [1.807, 2.05) is 10.8 Å². The largest absolute Gasteiger partial charge is 0.328 e. The van der Waals surface area contributed by atoms with Gasteiger partial charge in [0.15, 0.2) is 0 Å². The summed E-state index contributed by atoms with van der Waals surface area (Å²) in [7, 11) is 0. The predicted octanol–water partition coefficient (Wildman–Crippen LogP) is 1.07. The Kier molecular flexibility index (Phi) is 2.05. The molecule has 70 valence electrons. The molecule has 0 aliphatic carbocycles. The van der Waals surface area contributed by atoms with E-state index >= 15 is 0 Å². The second-order valence-electron chi connectivity index (χ2n) is 2.85. The maximum absolute atomic E-state index is 11.3. The van der Waals surface area contributed by atoms with Gasteiger partial charge >= 0.3 is 0 Å². The lowest BCUT2D eigenvalue weighted by Crippen LogP contribution is -2.06. The summed E-state index contributed by atoms with van der Waals surface area (Å²) in [6.07, 6.45) is 5.00. The highest BCUT2D eigenvalue weighted by molar-refractivity contribution is 5.74. The van der Waals surface area contributed by atoms with Crippen LogP contribution >= 0.6 is 0 Å². The number of nitrogens with one attached hydrogen (secondary N) is 1. The van der Waals surface area contributed by atoms with E-state index in [0.29, 0.717) is 17.6 Å². The van der Waals surface area contributed by atoms with Gasteiger partial charge in [0.25, 0.3) is 5.56 Å². The van der Waals surface area contributed by atoms with Crippen molar-refractivity contribution in [2.45, 2.75) is 6.54 Å². The Bertz CT molecular complexity index is 558. The van der Waals surface area contributed by atoms with Crippen molar-refractivity contribution in [3.8, 4) is 0 Å². The normalized spacial score (nSPS) is 10.0. The summed E-state index contributed by atoms with van der Waals surface area (Å²) in [6.45, 7) is 4.10. The minimum absolute atomic E-state index is 0.115. The standard InChI is InChI=1S/C10H9N3O/c1-2-3-5-13-6-4-8-9(13)11-7-12-10(8)14/h3-4,6-7H,1,5H2,(H,11,12,14). The van der Waals surface area contributed by atoms with Crippen LogP contribution in [-0.4, -0.2) is 14.5 Å². The van der Waals surface area contributed by atoms with Gasteiger partial charge in [-0.1, -0.05) is 6.58 Å². The molecule has 0 amide bonds. The zero-order chi connectivity index (χ0) is 9.97. The van der Waals surface area contributed by atoms with E-state index in [2.05, 4.69) is 22.3 Å². The molecule has 14 heavy (non-hydrogen) atoms. The first-order valence-corrected chi connectivity index (χ1v) is 4.20. The van der Waals surface area contributed by atoms with Gasteiger partial charge < -0.3 is 9.55 Å². The Hall–Kier alpha value is -2.06. The van der Waals surface area contributed by atoms with Crippen LogP contribution in [-0.2, 0) is 6.54 Å². The van der Waals surface area contributed by atoms with Crippen molar-refractivity contribution in [2.75, 3.05) is 0 Å². The van der Waals surface area contributed by atoms with Gasteiger partial charge in [-0.2, -0.15) is 0 Å². The van der Waals surface area contributed by atoms with Crippen molar-refractivity contribution in [3.63, 3.8) is 0 Å². The maximum Gasteiger partial charge on any atom is 0.260 e. The fourth-order valence-electron chi connectivity index (χ4n) is 1.33. The van der Waals surface area contributed by atoms with Crippen LogP contribution in [0.1, 0.15) is 0 Å². The number of hydrogen-bond acceptors (Lipinski definition) is 2. The third-order valence-electron chi connectivity index (χ3n) is 1.99. The predicted molar refractivity (Wildman–Crippen MR) is 54.1 cm³/mol. The van der Waals surface area contributed by atoms with Gasteiger partial charge in [0.1, 0.15) is 5.65 Å². The zero-order valence-electron chi connectivity index (χ0n) is 7.53. The molecular weight excluding hydrogens is 178 g/mol. The van der Waals surface area contributed by atoms with Crippen molar-refractivity contribution in [1.82, 2.24) is 14.5 Å². The fourth-order valence-corrected chi connectivity index (χ4v) is 1.33. The topological polar surface area (TPSA) is 50.7 Å². The molecule has 4 nitrogen and oxygen atoms in total. The smallest absolute Gasteiger partial charge is 0.260 e. The number of aromatic nitrogens is 3. The summed E-state index contributed by atoms with van der Waals surface area (Å²) in [6, 6.07) is 1.75. The number of nitrogens with zero attached hydrogens (tertiary/aromatic N) is 2. The van der Waals surface area contributed by atoms with E-state index in [-0.39, 0.29) is 5.56 Å². The van der Waals surface area contributed by atoms with Gasteiger partial charge in [-0.05, 0) is 12.1 Å². The van der Waals surface area contributed by atoms with E-state index in [1.54, 1.807) is 12.1 Å². The Labute approximate surface area is 80.2 Å². The first kappa shape index (κ1) is 8.53. The van der Waals surface area contributed by atoms with Gasteiger partial charge in [0.05, 0.1) is 11.7 Å². The van der Waals surface area contributed by atoms with Crippen LogP contribution in [0.15, 0.2) is 41.8 Å². The number of fused-ring (bicyclic) bond motifs is 1. The molecule has 1 N–H and O–H groups in total. The summed E-state index contributed by atoms with van der Waals surface area (Å²) >= 11 is 0. The van der Waals surface area contributed by atoms with Gasteiger partial charge in [-0.15, -0.1) is 5.73 Å². The van der Waals surface area contributed by atoms with Crippen LogP contribution in [0.5, 0.6) is 0 Å². The van der Waals surface area contributed by atoms with Crippen molar-refractivity contribution >= 4 is 11.0 Å². The summed E-state index contributed by atoms with van der Waals surface area (Å²) in [5, 5.41) is 0.602. The number of rotatable bonds is 2. The van der Waals surface area contributed by atoms with Gasteiger partial charge in [-0.3, -0.25) is 4.79 Å². The number of H-pyrrole nitrogens is 1. The second kappa shape index (κ2) is 3.36. The minimum atomic E-state index is -0.115. The highest BCUT2D eigenvalue weighted by Crippen LogP contribution is 2.07. The minimum Gasteiger partial charge on any atom is -0.328 e. The van der Waals surface area contributed by atoms with E-state index in [1.165, 1.54) is 6.33 Å². The molecule has 0 atom stereocenters. The number of hydrogen-bond donors (Lipinski definition) is 1. The summed E-state index contributed by atoms with van der Waals surface area (Å²) in [5.41, 5.74) is 3.24. The van der Waals surface area contributed by atoms with E-state index in [0.717, 1.165) is 0 Å². The number of aromatic amines is 1. The third-order valence-corrected chi connectivity index (χ3v) is 1.99. The SMILES string of the molecule is C=C=CCn1ccc2c(=O)[nH]cnc21. The average Bonchev–Trinajstić information content (AvgIpc) is 2.60. The van der Waals surface area contributed by atoms with Crippen LogP contribution < -0.4 is 5.56 Å². The lowest BCUT2D eigenvalue weighted by molar-refractivity contribution is 0.848. The van der Waals surface area contributed by atoms with Crippen LogP contribution in [0.25, 0.3) is 11.0 Å². The lowest BCUT2D eigenvalue weighted by Gasteiger charge is -1.97. The monoisotopic (exact) mass is 187 g/mol. The molecule has 0 unspecified atom stereocenters. The molecule has 2 aromatic rings. The van der Waals surface area contributed by atoms with Gasteiger partial charge in [0.2, 0.25) is 0 Å². The second-order valence-corrected chi connectivity index (χ2v) is 2.85. The highest BCUT2D eigenvalue weighted by atomic mass is 16.1. The molecule has 0 aliphatic heterocycles. The van der Waals surface area contributed by atoms with E-state index in [9.17, 15) is 4.79 Å². The van der Waals surface area contributed by atoms with Gasteiger partial charge in [0, 0.05) is 12.7 Å². The van der Waals surface area contributed by atoms with Crippen LogP contribution in [0, 0.1) is 0 Å². The average molecular weight is 187 g/mol. The van der Waals surface area contributed by atoms with Crippen LogP contribution in [0.2, 0.25) is 0 Å². The quantitative estimate of drug-likeness (QED) is 0.715. The van der Waals surface area contributed by atoms with Crippen molar-refractivity contribution in [3.05, 3.63) is 47.3 Å². The molecule has 0 saturated carbocycles. The van der Waals surface area contributed by atoms with Crippen LogP contribution in [0.4, 0.5) is 0 Å². The number of allylic oxidation sites excluding steroid dienone is 1. The molecule has 0 fully saturated rings. The molecule has 0 radical (unpaired) electrons. The summed E-state index contributed by atoms with van der Waals surface area (Å²) < 4.78 is 1.86. The lowest BCUT2D eigenvalue weighted by atomic mass is 10.4. The van der Waals surface area contributed by atoms with Gasteiger partial charge in [-0.25, -0.2) is 4.98 Å². The van der Waals surface area contributed by atoms with Crippen molar-refractivity contribution < 1.29 is 0 Å². The highest BCUT2D eigenvalue weighted by Gasteiger charge is 2.02. The van der Waals surface area contributed by atoms with Crippen LogP contribution in [0.3, 0.4) is 0 Å². The Morgan fingerprint density at radius 2 is 2.57 bits per heavy atom. The maximum atomic E-state index is 11.3. The molecule has 0 bridgehead atoms. The molecule has 0 aromatic carbocycles. The molecule has 4 heteroatoms. The Morgan fingerprint density at radius 1 is 1.71 bits per heavy atom. The zero-order valence-corrected chi connectivity index (χ0v) is 7.53. The Balaban J connectivity index is 2.63. The summed E-state index contributed by atoms with van der Waals surface area (Å²) in [5.74, 6) is 0. The van der Waals surface area contributed by atoms with E-state index < -0.39 is 0 Å². The molecule has 2 rings (SSSR count). The first-order valence-electron chi connectivity index (χ1n) is 4.20. The van der Waals surface area contributed by atoms with Crippen molar-refractivity contribution in [1.29, 1.82) is 0 Å². The first-order chi connectivity index (χ1) is 6.83. The molecule has 0 saturated heterocycles. The van der Waals surface area contributed by atoms with Crippen molar-refractivity contribution in [2.24, 2.45) is 0 Å². The molecule has 0 spiro atoms.